The van der Waals surface area contributed by atoms with Gasteiger partial charge in [0, 0.05) is 46.7 Å². The highest BCUT2D eigenvalue weighted by Gasteiger charge is 2.49. The number of likely N-dealkylation sites (N-methyl/N-ethyl adjacent to an activating group) is 2. The maximum atomic E-state index is 14.4. The summed E-state index contributed by atoms with van der Waals surface area (Å²) in [6, 6.07) is 5.65. The first-order valence-electron chi connectivity index (χ1n) is 22.8. The first-order valence-corrected chi connectivity index (χ1v) is 22.8. The monoisotopic (exact) mass is 871 g/mol. The van der Waals surface area contributed by atoms with Gasteiger partial charge in [-0.05, 0) is 102 Å². The number of piperidine rings is 1. The topological polar surface area (TPSA) is 168 Å². The number of likely N-dealkylation sites (tertiary alicyclic amines) is 2. The van der Waals surface area contributed by atoms with E-state index in [0.717, 1.165) is 37.7 Å². The van der Waals surface area contributed by atoms with E-state index >= 15 is 0 Å². The van der Waals surface area contributed by atoms with Gasteiger partial charge in [0.05, 0.1) is 55.3 Å². The van der Waals surface area contributed by atoms with E-state index in [-0.39, 0.29) is 66.6 Å². The van der Waals surface area contributed by atoms with E-state index in [2.05, 4.69) is 34.7 Å². The second-order valence-corrected chi connectivity index (χ2v) is 19.3. The van der Waals surface area contributed by atoms with Crippen LogP contribution < -0.4 is 16.0 Å². The van der Waals surface area contributed by atoms with Crippen LogP contribution in [0.15, 0.2) is 24.3 Å². The molecule has 5 amide bonds. The molecule has 2 aliphatic heterocycles. The van der Waals surface area contributed by atoms with Crippen molar-refractivity contribution in [2.24, 2.45) is 23.7 Å². The molecule has 0 aromatic heterocycles. The van der Waals surface area contributed by atoms with Gasteiger partial charge in [-0.1, -0.05) is 53.2 Å². The smallest absolute Gasteiger partial charge is 0.412 e. The van der Waals surface area contributed by atoms with Gasteiger partial charge in [-0.2, -0.15) is 0 Å². The molecule has 4 rings (SSSR count). The predicted octanol–water partition coefficient (Wildman–Crippen LogP) is 5.25. The fourth-order valence-corrected chi connectivity index (χ4v) is 10.1. The first kappa shape index (κ1) is 50.9. The molecule has 3 fully saturated rings. The number of carbonyl (C=O) groups excluding carboxylic acids is 5. The van der Waals surface area contributed by atoms with Gasteiger partial charge in [-0.25, -0.2) is 4.79 Å². The molecular weight excluding hydrogens is 793 g/mol. The molecule has 2 saturated heterocycles. The molecule has 0 radical (unpaired) electrons. The summed E-state index contributed by atoms with van der Waals surface area (Å²) < 4.78 is 23.0. The minimum Gasteiger partial charge on any atom is -0.444 e. The number of nitrogens with zero attached hydrogens (tertiary/aromatic N) is 3. The van der Waals surface area contributed by atoms with Crippen molar-refractivity contribution in [1.29, 1.82) is 0 Å². The molecule has 62 heavy (non-hydrogen) atoms. The van der Waals surface area contributed by atoms with Crippen molar-refractivity contribution in [2.45, 2.75) is 161 Å². The number of rotatable bonds is 21. The van der Waals surface area contributed by atoms with Crippen molar-refractivity contribution in [3.05, 3.63) is 29.8 Å². The molecule has 2 bridgehead atoms. The lowest BCUT2D eigenvalue weighted by molar-refractivity contribution is -0.148. The standard InChI is InChI=1S/C47H78N6O9/c1-14-29(4)40(52(10)45(57)39(28(2)3)50-44(56)41-32-20-21-35(25-32)51(41)9)37(60-12)26-38(54)53-22-16-19-36(53)42(61-13)30(5)43(55)48-34(27-59-11)24-31-17-15-18-33(23-31)49-46(58)62-47(6,7)8/h15,17-18,23,28-30,32,34-37,39-42H,14,16,19-22,24-27H2,1-13H3,(H,48,55)(H,49,58)(H,50,56)/t29-,30+,32-,34-,35+,36-,37+,39-,40-,41-,42+/m0/s1. The maximum absolute atomic E-state index is 14.4. The van der Waals surface area contributed by atoms with Gasteiger partial charge in [-0.15, -0.1) is 0 Å². The number of ether oxygens (including phenoxy) is 4. The summed E-state index contributed by atoms with van der Waals surface area (Å²) in [6.45, 7) is 16.0. The maximum Gasteiger partial charge on any atom is 0.412 e. The van der Waals surface area contributed by atoms with E-state index < -0.39 is 41.9 Å². The Kier molecular flexibility index (Phi) is 18.6. The van der Waals surface area contributed by atoms with Crippen LogP contribution >= 0.6 is 0 Å². The zero-order chi connectivity index (χ0) is 46.1. The van der Waals surface area contributed by atoms with E-state index in [1.807, 2.05) is 50.9 Å². The highest BCUT2D eigenvalue weighted by atomic mass is 16.6. The summed E-state index contributed by atoms with van der Waals surface area (Å²) in [7, 11) is 8.50. The predicted molar refractivity (Wildman–Crippen MR) is 239 cm³/mol. The molecule has 2 heterocycles. The van der Waals surface area contributed by atoms with Crippen LogP contribution in [0.1, 0.15) is 106 Å². The number of nitrogens with one attached hydrogen (secondary N) is 3. The zero-order valence-corrected chi connectivity index (χ0v) is 39.8. The molecule has 1 aliphatic carbocycles. The highest BCUT2D eigenvalue weighted by molar-refractivity contribution is 5.90. The largest absolute Gasteiger partial charge is 0.444 e. The lowest BCUT2D eigenvalue weighted by Crippen LogP contribution is -2.60. The number of carbonyl (C=O) groups is 5. The Bertz CT molecular complexity index is 1670. The van der Waals surface area contributed by atoms with Crippen LogP contribution in [0.3, 0.4) is 0 Å². The highest BCUT2D eigenvalue weighted by Crippen LogP contribution is 2.41. The Hall–Kier alpha value is -3.79. The SMILES string of the molecule is CC[C@H](C)[C@@H]([C@@H](CC(=O)N1CCC[C@H]1[C@H](OC)[C@@H](C)C(=O)N[C@H](COC)Cc1cccc(NC(=O)OC(C)(C)C)c1)OC)N(C)C(=O)[C@@H](NC(=O)[C@@H]1[C@H]2CC[C@H](C2)N1C)C(C)C. The van der Waals surface area contributed by atoms with Gasteiger partial charge in [0.25, 0.3) is 0 Å². The molecular formula is C47H78N6O9. The number of hydrogen-bond acceptors (Lipinski definition) is 10. The van der Waals surface area contributed by atoms with E-state index in [9.17, 15) is 24.0 Å². The van der Waals surface area contributed by atoms with Crippen LogP contribution in [0.2, 0.25) is 0 Å². The minimum atomic E-state index is -0.729. The van der Waals surface area contributed by atoms with Gasteiger partial charge < -0.3 is 39.4 Å². The van der Waals surface area contributed by atoms with Gasteiger partial charge in [0.15, 0.2) is 0 Å². The van der Waals surface area contributed by atoms with E-state index in [1.54, 1.807) is 60.1 Å². The lowest BCUT2D eigenvalue weighted by atomic mass is 9.89. The molecule has 0 unspecified atom stereocenters. The molecule has 350 valence electrons. The quantitative estimate of drug-likeness (QED) is 0.149. The molecule has 15 nitrogen and oxygen atoms in total. The summed E-state index contributed by atoms with van der Waals surface area (Å²) in [6.07, 6.45) is 4.03. The molecule has 1 aromatic carbocycles. The number of amides is 5. The van der Waals surface area contributed by atoms with Crippen molar-refractivity contribution in [3.8, 4) is 0 Å². The third-order valence-corrected chi connectivity index (χ3v) is 13.4. The van der Waals surface area contributed by atoms with Crippen molar-refractivity contribution in [1.82, 2.24) is 25.3 Å². The molecule has 0 spiro atoms. The Morgan fingerprint density at radius 2 is 1.68 bits per heavy atom. The average molecular weight is 871 g/mol. The number of fused-ring (bicyclic) bond motifs is 2. The molecule has 1 aromatic rings. The van der Waals surface area contributed by atoms with E-state index in [1.165, 1.54) is 0 Å². The van der Waals surface area contributed by atoms with Gasteiger partial charge in [0.2, 0.25) is 23.6 Å². The number of hydrogen-bond donors (Lipinski definition) is 3. The van der Waals surface area contributed by atoms with Gasteiger partial charge in [-0.3, -0.25) is 29.4 Å². The van der Waals surface area contributed by atoms with Gasteiger partial charge in [0.1, 0.15) is 11.6 Å². The number of benzene rings is 1. The Morgan fingerprint density at radius 1 is 0.968 bits per heavy atom. The van der Waals surface area contributed by atoms with E-state index in [4.69, 9.17) is 18.9 Å². The van der Waals surface area contributed by atoms with Crippen LogP contribution in [0.5, 0.6) is 0 Å². The van der Waals surface area contributed by atoms with E-state index in [0.29, 0.717) is 37.0 Å². The second kappa shape index (κ2) is 22.7. The summed E-state index contributed by atoms with van der Waals surface area (Å²) in [5, 5.41) is 9.05. The molecule has 3 aliphatic rings. The number of anilines is 1. The number of methoxy groups -OCH3 is 3. The second-order valence-electron chi connectivity index (χ2n) is 19.3. The Labute approximate surface area is 371 Å². The Balaban J connectivity index is 1.43. The summed E-state index contributed by atoms with van der Waals surface area (Å²) in [4.78, 5) is 74.5. The zero-order valence-electron chi connectivity index (χ0n) is 39.8. The third kappa shape index (κ3) is 12.9. The molecule has 3 N–H and O–H groups in total. The summed E-state index contributed by atoms with van der Waals surface area (Å²) in [5.41, 5.74) is 0.819. The Morgan fingerprint density at radius 3 is 2.26 bits per heavy atom. The van der Waals surface area contributed by atoms with Crippen molar-refractivity contribution in [2.75, 3.05) is 53.9 Å². The van der Waals surface area contributed by atoms with Crippen LogP contribution in [0.4, 0.5) is 10.5 Å². The lowest BCUT2D eigenvalue weighted by Gasteiger charge is -2.41. The van der Waals surface area contributed by atoms with Crippen LogP contribution in [0.25, 0.3) is 0 Å². The van der Waals surface area contributed by atoms with Crippen molar-refractivity contribution >= 4 is 35.4 Å². The summed E-state index contributed by atoms with van der Waals surface area (Å²) >= 11 is 0. The van der Waals surface area contributed by atoms with Crippen LogP contribution in [-0.4, -0.2) is 147 Å². The van der Waals surface area contributed by atoms with Gasteiger partial charge >= 0.3 is 6.09 Å². The van der Waals surface area contributed by atoms with Crippen LogP contribution in [0, 0.1) is 23.7 Å². The molecule has 15 heteroatoms. The van der Waals surface area contributed by atoms with Crippen molar-refractivity contribution in [3.63, 3.8) is 0 Å². The first-order chi connectivity index (χ1) is 29.2. The van der Waals surface area contributed by atoms with Crippen LogP contribution in [-0.2, 0) is 44.5 Å². The van der Waals surface area contributed by atoms with Crippen molar-refractivity contribution < 1.29 is 42.9 Å². The normalized spacial score (nSPS) is 23.5. The fraction of sp³-hybridized carbons (Fsp3) is 0.766. The summed E-state index contributed by atoms with van der Waals surface area (Å²) in [5.74, 6) is -1.13. The molecule has 1 saturated carbocycles. The third-order valence-electron chi connectivity index (χ3n) is 13.4. The fourth-order valence-electron chi connectivity index (χ4n) is 10.1. The molecule has 11 atom stereocenters. The minimum absolute atomic E-state index is 0.0181. The average Bonchev–Trinajstić information content (AvgIpc) is 3.96.